The smallest absolute Gasteiger partial charge is 0.250 e. The number of aromatic nitrogens is 3. The van der Waals surface area contributed by atoms with Gasteiger partial charge in [0.25, 0.3) is 0 Å². The summed E-state index contributed by atoms with van der Waals surface area (Å²) in [4.78, 5) is 15.5. The molecular weight excluding hydrogens is 624 g/mol. The van der Waals surface area contributed by atoms with Crippen molar-refractivity contribution >= 4 is 74.9 Å². The van der Waals surface area contributed by atoms with Crippen LogP contribution in [0.3, 0.4) is 0 Å². The van der Waals surface area contributed by atoms with Gasteiger partial charge in [0.15, 0.2) is 0 Å². The van der Waals surface area contributed by atoms with E-state index in [1.807, 2.05) is 47.4 Å². The van der Waals surface area contributed by atoms with Crippen molar-refractivity contribution in [3.8, 4) is 5.75 Å². The molecule has 1 aliphatic rings. The Labute approximate surface area is 206 Å². The molecule has 4 rings (SSSR count). The van der Waals surface area contributed by atoms with Crippen molar-refractivity contribution in [3.05, 3.63) is 55.2 Å². The van der Waals surface area contributed by atoms with Crippen LogP contribution in [0.2, 0.25) is 0 Å². The summed E-state index contributed by atoms with van der Waals surface area (Å²) >= 11 is 4.29. The molecule has 160 valence electrons. The number of hydrogen-bond acceptors (Lipinski definition) is 9. The molecule has 0 unspecified atom stereocenters. The van der Waals surface area contributed by atoms with Crippen LogP contribution >= 0.6 is 45.2 Å². The Bertz CT molecular complexity index is 1080. The number of rotatable bonds is 6. The third-order valence-corrected chi connectivity index (χ3v) is 5.82. The van der Waals surface area contributed by atoms with Crippen molar-refractivity contribution in [2.24, 2.45) is 5.10 Å². The Morgan fingerprint density at radius 1 is 1.03 bits per heavy atom. The summed E-state index contributed by atoms with van der Waals surface area (Å²) in [6, 6.07) is 13.4. The Balaban J connectivity index is 1.59. The van der Waals surface area contributed by atoms with Crippen molar-refractivity contribution in [1.29, 1.82) is 0 Å². The average molecular weight is 643 g/mol. The fourth-order valence-electron chi connectivity index (χ4n) is 2.87. The number of morpholine rings is 1. The minimum atomic E-state index is 0.183. The Morgan fingerprint density at radius 3 is 2.55 bits per heavy atom. The van der Waals surface area contributed by atoms with Gasteiger partial charge in [-0.3, -0.25) is 0 Å². The summed E-state index contributed by atoms with van der Waals surface area (Å²) in [7, 11) is 0. The SMILES string of the molecule is Oc1c(I)cc(I)cc1/C=N\Nc1nc(Nc2ccccc2)nc(N2CCOCC2)n1. The molecule has 1 aromatic heterocycles. The third-order valence-electron chi connectivity index (χ3n) is 4.37. The lowest BCUT2D eigenvalue weighted by atomic mass is 10.2. The first-order valence-electron chi connectivity index (χ1n) is 9.46. The first kappa shape index (κ1) is 22.0. The standard InChI is InChI=1S/C20H19I2N7O2/c21-14-10-13(17(30)16(22)11-14)12-23-28-19-25-18(24-15-4-2-1-3-5-15)26-20(27-19)29-6-8-31-9-7-29/h1-5,10-12,30H,6-9H2,(H2,24,25,26,27,28)/b23-12-. The number of hydrazone groups is 1. The fourth-order valence-corrected chi connectivity index (χ4v) is 4.76. The second-order valence-corrected chi connectivity index (χ2v) is 8.98. The van der Waals surface area contributed by atoms with Gasteiger partial charge in [0.05, 0.1) is 23.0 Å². The van der Waals surface area contributed by atoms with Crippen LogP contribution in [0.15, 0.2) is 47.6 Å². The van der Waals surface area contributed by atoms with Gasteiger partial charge in [-0.2, -0.15) is 20.1 Å². The van der Waals surface area contributed by atoms with Gasteiger partial charge in [-0.25, -0.2) is 5.43 Å². The average Bonchev–Trinajstić information content (AvgIpc) is 2.78. The number of hydrogen-bond donors (Lipinski definition) is 3. The number of para-hydroxylation sites is 1. The quantitative estimate of drug-likeness (QED) is 0.212. The molecule has 1 saturated heterocycles. The summed E-state index contributed by atoms with van der Waals surface area (Å²) in [5, 5.41) is 17.7. The first-order chi connectivity index (χ1) is 15.1. The van der Waals surface area contributed by atoms with Gasteiger partial charge in [0, 0.05) is 27.9 Å². The topological polar surface area (TPSA) is 108 Å². The third kappa shape index (κ3) is 5.92. The van der Waals surface area contributed by atoms with Crippen molar-refractivity contribution in [1.82, 2.24) is 15.0 Å². The molecule has 2 heterocycles. The molecule has 1 fully saturated rings. The number of phenolic OH excluding ortho intramolecular Hbond substituents is 1. The van der Waals surface area contributed by atoms with E-state index in [4.69, 9.17) is 4.74 Å². The molecule has 11 heteroatoms. The molecule has 3 N–H and O–H groups in total. The molecule has 0 atom stereocenters. The molecule has 31 heavy (non-hydrogen) atoms. The predicted molar refractivity (Wildman–Crippen MR) is 137 cm³/mol. The highest BCUT2D eigenvalue weighted by atomic mass is 127. The van der Waals surface area contributed by atoms with Crippen molar-refractivity contribution < 1.29 is 9.84 Å². The molecule has 9 nitrogen and oxygen atoms in total. The normalized spacial score (nSPS) is 14.1. The number of benzene rings is 2. The summed E-state index contributed by atoms with van der Waals surface area (Å²) < 4.78 is 7.19. The zero-order valence-electron chi connectivity index (χ0n) is 16.3. The maximum Gasteiger partial charge on any atom is 0.250 e. The highest BCUT2D eigenvalue weighted by molar-refractivity contribution is 14.1. The molecule has 0 amide bonds. The summed E-state index contributed by atoms with van der Waals surface area (Å²) in [5.74, 6) is 1.43. The van der Waals surface area contributed by atoms with Crippen LogP contribution in [0.25, 0.3) is 0 Å². The molecular formula is C20H19I2N7O2. The lowest BCUT2D eigenvalue weighted by Gasteiger charge is -2.27. The lowest BCUT2D eigenvalue weighted by Crippen LogP contribution is -2.37. The number of ether oxygens (including phenoxy) is 1. The van der Waals surface area contributed by atoms with E-state index >= 15 is 0 Å². The van der Waals surface area contributed by atoms with Crippen molar-refractivity contribution in [2.75, 3.05) is 41.9 Å². The molecule has 0 bridgehead atoms. The molecule has 0 saturated carbocycles. The Hall–Kier alpha value is -2.26. The van der Waals surface area contributed by atoms with Gasteiger partial charge < -0.3 is 20.1 Å². The largest absolute Gasteiger partial charge is 0.506 e. The van der Waals surface area contributed by atoms with E-state index in [0.717, 1.165) is 12.8 Å². The number of aromatic hydroxyl groups is 1. The van der Waals surface area contributed by atoms with Crippen molar-refractivity contribution in [3.63, 3.8) is 0 Å². The zero-order valence-corrected chi connectivity index (χ0v) is 20.6. The number of anilines is 4. The van der Waals surface area contributed by atoms with Crippen LogP contribution in [0, 0.1) is 7.14 Å². The second-order valence-electron chi connectivity index (χ2n) is 6.57. The minimum absolute atomic E-state index is 0.183. The monoisotopic (exact) mass is 643 g/mol. The van der Waals surface area contributed by atoms with E-state index in [2.05, 4.69) is 76.0 Å². The summed E-state index contributed by atoms with van der Waals surface area (Å²) in [6.45, 7) is 2.65. The maximum atomic E-state index is 10.2. The summed E-state index contributed by atoms with van der Waals surface area (Å²) in [6.07, 6.45) is 1.54. The van der Waals surface area contributed by atoms with Crippen LogP contribution < -0.4 is 15.6 Å². The molecule has 0 radical (unpaired) electrons. The predicted octanol–water partition coefficient (Wildman–Crippen LogP) is 3.81. The highest BCUT2D eigenvalue weighted by Crippen LogP contribution is 2.26. The van der Waals surface area contributed by atoms with Crippen LogP contribution in [0.1, 0.15) is 5.56 Å². The van der Waals surface area contributed by atoms with Crippen LogP contribution in [0.5, 0.6) is 5.75 Å². The second kappa shape index (κ2) is 10.4. The van der Waals surface area contributed by atoms with E-state index in [-0.39, 0.29) is 5.75 Å². The van der Waals surface area contributed by atoms with Gasteiger partial charge >= 0.3 is 0 Å². The lowest BCUT2D eigenvalue weighted by molar-refractivity contribution is 0.122. The van der Waals surface area contributed by atoms with Gasteiger partial charge in [0.2, 0.25) is 17.8 Å². The van der Waals surface area contributed by atoms with Crippen molar-refractivity contribution in [2.45, 2.75) is 0 Å². The Kier molecular flexibility index (Phi) is 7.34. The van der Waals surface area contributed by atoms with Crippen LogP contribution in [-0.2, 0) is 4.74 Å². The van der Waals surface area contributed by atoms with Crippen LogP contribution in [-0.4, -0.2) is 52.6 Å². The van der Waals surface area contributed by atoms with E-state index in [1.54, 1.807) is 6.21 Å². The molecule has 2 aromatic carbocycles. The summed E-state index contributed by atoms with van der Waals surface area (Å²) in [5.41, 5.74) is 4.33. The number of nitrogens with zero attached hydrogens (tertiary/aromatic N) is 5. The molecule has 3 aromatic rings. The fraction of sp³-hybridized carbons (Fsp3) is 0.200. The maximum absolute atomic E-state index is 10.2. The van der Waals surface area contributed by atoms with E-state index in [9.17, 15) is 5.11 Å². The highest BCUT2D eigenvalue weighted by Gasteiger charge is 2.16. The van der Waals surface area contributed by atoms with E-state index in [0.29, 0.717) is 49.7 Å². The van der Waals surface area contributed by atoms with Gasteiger partial charge in [0.1, 0.15) is 5.75 Å². The van der Waals surface area contributed by atoms with E-state index in [1.165, 1.54) is 0 Å². The van der Waals surface area contributed by atoms with E-state index < -0.39 is 0 Å². The van der Waals surface area contributed by atoms with Gasteiger partial charge in [-0.15, -0.1) is 0 Å². The zero-order chi connectivity index (χ0) is 21.6. The van der Waals surface area contributed by atoms with Crippen LogP contribution in [0.4, 0.5) is 23.5 Å². The molecule has 0 spiro atoms. The first-order valence-corrected chi connectivity index (χ1v) is 11.6. The van der Waals surface area contributed by atoms with Gasteiger partial charge in [-0.05, 0) is 69.4 Å². The number of nitrogens with one attached hydrogen (secondary N) is 2. The Morgan fingerprint density at radius 2 is 1.77 bits per heavy atom. The van der Waals surface area contributed by atoms with Gasteiger partial charge in [-0.1, -0.05) is 18.2 Å². The minimum Gasteiger partial charge on any atom is -0.506 e. The molecule has 0 aliphatic carbocycles. The number of phenols is 1. The molecule has 1 aliphatic heterocycles. The number of halogens is 2.